The molecule has 0 aliphatic rings. The van der Waals surface area contributed by atoms with E-state index in [0.717, 1.165) is 24.5 Å². The van der Waals surface area contributed by atoms with Crippen LogP contribution in [0.25, 0.3) is 0 Å². The number of nitro benzene ring substituents is 1. The number of hydrogen-bond donors (Lipinski definition) is 3. The van der Waals surface area contributed by atoms with Gasteiger partial charge >= 0.3 is 0 Å². The second kappa shape index (κ2) is 6.53. The lowest BCUT2D eigenvalue weighted by Gasteiger charge is -2.17. The molecule has 0 aliphatic carbocycles. The largest absolute Gasteiger partial charge is 0.390 e. The van der Waals surface area contributed by atoms with Crippen molar-refractivity contribution < 1.29 is 23.6 Å². The fourth-order valence-electron chi connectivity index (χ4n) is 1.66. The van der Waals surface area contributed by atoms with Crippen molar-refractivity contribution in [2.45, 2.75) is 23.5 Å². The highest BCUT2D eigenvalue weighted by Gasteiger charge is 2.27. The molecule has 2 unspecified atom stereocenters. The molecule has 112 valence electrons. The van der Waals surface area contributed by atoms with Gasteiger partial charge in [-0.05, 0) is 24.3 Å². The number of nitrogens with zero attached hydrogens (tertiary/aromatic N) is 1. The molecule has 0 heterocycles. The maximum atomic E-state index is 11.4. The minimum absolute atomic E-state index is 0.128. The Labute approximate surface area is 121 Å². The highest BCUT2D eigenvalue weighted by molar-refractivity contribution is 7.90. The average molecular weight is 321 g/mol. The van der Waals surface area contributed by atoms with Gasteiger partial charge < -0.3 is 10.2 Å². The van der Waals surface area contributed by atoms with Crippen molar-refractivity contribution in [3.05, 3.63) is 33.9 Å². The van der Waals surface area contributed by atoms with Gasteiger partial charge in [-0.2, -0.15) is 12.6 Å². The molecule has 0 saturated heterocycles. The van der Waals surface area contributed by atoms with Crippen molar-refractivity contribution in [1.82, 2.24) is 0 Å². The second-order valence-corrected chi connectivity index (χ2v) is 6.74. The molecule has 0 spiro atoms. The molecule has 0 radical (unpaired) electrons. The first-order valence-electron chi connectivity index (χ1n) is 5.64. The number of aliphatic hydroxyl groups excluding tert-OH is 2. The van der Waals surface area contributed by atoms with Gasteiger partial charge in [-0.1, -0.05) is 0 Å². The Balaban J connectivity index is 3.31. The van der Waals surface area contributed by atoms with Crippen LogP contribution >= 0.6 is 12.6 Å². The summed E-state index contributed by atoms with van der Waals surface area (Å²) in [5.74, 6) is 0.299. The standard InChI is InChI=1S/C11H15NO6S2/c1-20(17,18)7-2-3-8(9(6-7)12(15)16)11(14)10(13)4-5-19/h2-3,6,10-11,13-14,19H,4-5H2,1H3. The van der Waals surface area contributed by atoms with Crippen LogP contribution in [-0.2, 0) is 9.84 Å². The van der Waals surface area contributed by atoms with Gasteiger partial charge in [-0.25, -0.2) is 8.42 Å². The van der Waals surface area contributed by atoms with Crippen LogP contribution < -0.4 is 0 Å². The van der Waals surface area contributed by atoms with E-state index in [1.165, 1.54) is 0 Å². The Bertz CT molecular complexity index is 601. The van der Waals surface area contributed by atoms with Gasteiger partial charge in [0.15, 0.2) is 9.84 Å². The molecule has 0 bridgehead atoms. The van der Waals surface area contributed by atoms with Crippen molar-refractivity contribution in [3.63, 3.8) is 0 Å². The van der Waals surface area contributed by atoms with E-state index in [0.29, 0.717) is 5.75 Å². The Morgan fingerprint density at radius 3 is 2.45 bits per heavy atom. The van der Waals surface area contributed by atoms with E-state index >= 15 is 0 Å². The molecule has 1 rings (SSSR count). The van der Waals surface area contributed by atoms with Gasteiger partial charge in [-0.15, -0.1) is 0 Å². The fourth-order valence-corrected chi connectivity index (χ4v) is 2.57. The fraction of sp³-hybridized carbons (Fsp3) is 0.455. The van der Waals surface area contributed by atoms with Gasteiger partial charge in [0.25, 0.3) is 5.69 Å². The number of thiol groups is 1. The lowest BCUT2D eigenvalue weighted by atomic mass is 10.0. The molecule has 0 amide bonds. The zero-order valence-electron chi connectivity index (χ0n) is 10.6. The molecular formula is C11H15NO6S2. The Hall–Kier alpha value is -1.16. The SMILES string of the molecule is CS(=O)(=O)c1ccc(C(O)C(O)CCS)c([N+](=O)[O-])c1. The molecule has 7 nitrogen and oxygen atoms in total. The van der Waals surface area contributed by atoms with Crippen LogP contribution in [0.4, 0.5) is 5.69 Å². The highest BCUT2D eigenvalue weighted by Crippen LogP contribution is 2.30. The Kier molecular flexibility index (Phi) is 5.51. The second-order valence-electron chi connectivity index (χ2n) is 4.27. The summed E-state index contributed by atoms with van der Waals surface area (Å²) in [6, 6.07) is 3.18. The van der Waals surface area contributed by atoms with Gasteiger partial charge in [0, 0.05) is 12.3 Å². The molecule has 2 N–H and O–H groups in total. The third kappa shape index (κ3) is 3.92. The summed E-state index contributed by atoms with van der Waals surface area (Å²) in [5.41, 5.74) is -0.671. The van der Waals surface area contributed by atoms with Gasteiger partial charge in [-0.3, -0.25) is 10.1 Å². The van der Waals surface area contributed by atoms with E-state index in [1.54, 1.807) is 0 Å². The van der Waals surface area contributed by atoms with Crippen LogP contribution in [0.2, 0.25) is 0 Å². The van der Waals surface area contributed by atoms with E-state index in [9.17, 15) is 28.7 Å². The number of rotatable bonds is 6. The first kappa shape index (κ1) is 16.9. The summed E-state index contributed by atoms with van der Waals surface area (Å²) in [7, 11) is -3.59. The van der Waals surface area contributed by atoms with Crippen molar-refractivity contribution in [1.29, 1.82) is 0 Å². The number of hydrogen-bond acceptors (Lipinski definition) is 7. The summed E-state index contributed by atoms with van der Waals surface area (Å²) < 4.78 is 22.8. The van der Waals surface area contributed by atoms with Gasteiger partial charge in [0.1, 0.15) is 6.10 Å². The first-order chi connectivity index (χ1) is 9.18. The minimum atomic E-state index is -3.59. The van der Waals surface area contributed by atoms with E-state index in [1.807, 2.05) is 0 Å². The molecule has 1 aromatic rings. The summed E-state index contributed by atoms with van der Waals surface area (Å²) in [6.45, 7) is 0. The van der Waals surface area contributed by atoms with Crippen LogP contribution in [0.1, 0.15) is 18.1 Å². The molecule has 20 heavy (non-hydrogen) atoms. The normalized spacial score (nSPS) is 14.8. The number of aliphatic hydroxyl groups is 2. The summed E-state index contributed by atoms with van der Waals surface area (Å²) >= 11 is 3.90. The average Bonchev–Trinajstić information content (AvgIpc) is 2.36. The molecule has 1 aromatic carbocycles. The lowest BCUT2D eigenvalue weighted by molar-refractivity contribution is -0.386. The van der Waals surface area contributed by atoms with E-state index in [2.05, 4.69) is 12.6 Å². The van der Waals surface area contributed by atoms with Crippen molar-refractivity contribution >= 4 is 28.2 Å². The van der Waals surface area contributed by atoms with Crippen LogP contribution in [0, 0.1) is 10.1 Å². The summed E-state index contributed by atoms with van der Waals surface area (Å²) in [4.78, 5) is 9.98. The summed E-state index contributed by atoms with van der Waals surface area (Å²) in [5, 5.41) is 30.6. The van der Waals surface area contributed by atoms with Crippen LogP contribution in [0.3, 0.4) is 0 Å². The highest BCUT2D eigenvalue weighted by atomic mass is 32.2. The van der Waals surface area contributed by atoms with E-state index < -0.39 is 32.7 Å². The van der Waals surface area contributed by atoms with E-state index in [-0.39, 0.29) is 16.9 Å². The number of nitro groups is 1. The van der Waals surface area contributed by atoms with Crippen LogP contribution in [0.15, 0.2) is 23.1 Å². The maximum Gasteiger partial charge on any atom is 0.276 e. The molecule has 0 saturated carbocycles. The molecule has 9 heteroatoms. The van der Waals surface area contributed by atoms with Gasteiger partial charge in [0.2, 0.25) is 0 Å². The van der Waals surface area contributed by atoms with Crippen molar-refractivity contribution in [3.8, 4) is 0 Å². The predicted molar refractivity (Wildman–Crippen MR) is 75.6 cm³/mol. The van der Waals surface area contributed by atoms with Crippen molar-refractivity contribution in [2.24, 2.45) is 0 Å². The smallest absolute Gasteiger partial charge is 0.276 e. The third-order valence-corrected chi connectivity index (χ3v) is 4.10. The number of sulfone groups is 1. The molecule has 0 aliphatic heterocycles. The monoisotopic (exact) mass is 321 g/mol. The summed E-state index contributed by atoms with van der Waals surface area (Å²) in [6.07, 6.45) is -1.61. The molecule has 2 atom stereocenters. The third-order valence-electron chi connectivity index (χ3n) is 2.73. The quantitative estimate of drug-likeness (QED) is 0.403. The molecular weight excluding hydrogens is 306 g/mol. The Morgan fingerprint density at radius 1 is 1.40 bits per heavy atom. The molecule has 0 fully saturated rings. The zero-order chi connectivity index (χ0) is 15.5. The lowest BCUT2D eigenvalue weighted by Crippen LogP contribution is -2.20. The van der Waals surface area contributed by atoms with Gasteiger partial charge in [0.05, 0.1) is 21.5 Å². The number of benzene rings is 1. The van der Waals surface area contributed by atoms with Crippen LogP contribution in [0.5, 0.6) is 0 Å². The zero-order valence-corrected chi connectivity index (χ0v) is 12.3. The maximum absolute atomic E-state index is 11.4. The minimum Gasteiger partial charge on any atom is -0.390 e. The van der Waals surface area contributed by atoms with Crippen LogP contribution in [-0.4, -0.2) is 41.7 Å². The molecule has 0 aromatic heterocycles. The Morgan fingerprint density at radius 2 is 2.00 bits per heavy atom. The van der Waals surface area contributed by atoms with Crippen molar-refractivity contribution in [2.75, 3.05) is 12.0 Å². The van der Waals surface area contributed by atoms with E-state index in [4.69, 9.17) is 0 Å². The topological polar surface area (TPSA) is 118 Å². The predicted octanol–water partition coefficient (Wildman–Crippen LogP) is 0.712. The first-order valence-corrected chi connectivity index (χ1v) is 8.16.